The molecule has 0 aliphatic heterocycles. The molecule has 0 radical (unpaired) electrons. The van der Waals surface area contributed by atoms with Crippen molar-refractivity contribution < 1.29 is 9.66 Å². The number of ether oxygens (including phenoxy) is 1. The van der Waals surface area contributed by atoms with Crippen LogP contribution in [0.3, 0.4) is 0 Å². The summed E-state index contributed by atoms with van der Waals surface area (Å²) in [7, 11) is 0. The average Bonchev–Trinajstić information content (AvgIpc) is 2.30. The number of nitrogens with zero attached hydrogens (tertiary/aromatic N) is 1. The summed E-state index contributed by atoms with van der Waals surface area (Å²) in [6, 6.07) is 4.77. The van der Waals surface area contributed by atoms with E-state index in [0.29, 0.717) is 19.8 Å². The van der Waals surface area contributed by atoms with Gasteiger partial charge in [0.15, 0.2) is 0 Å². The van der Waals surface area contributed by atoms with E-state index in [1.165, 1.54) is 12.1 Å². The highest BCUT2D eigenvalue weighted by Crippen LogP contribution is 2.21. The van der Waals surface area contributed by atoms with Crippen LogP contribution in [0.1, 0.15) is 12.5 Å². The number of nitro benzene ring substituents is 1. The second-order valence-electron chi connectivity index (χ2n) is 4.19. The molecule has 5 heteroatoms. The van der Waals surface area contributed by atoms with Gasteiger partial charge < -0.3 is 10.1 Å². The minimum absolute atomic E-state index is 0.0888. The monoisotopic (exact) mass is 250 g/mol. The van der Waals surface area contributed by atoms with E-state index >= 15 is 0 Å². The van der Waals surface area contributed by atoms with E-state index in [1.54, 1.807) is 6.07 Å². The Labute approximate surface area is 107 Å². The summed E-state index contributed by atoms with van der Waals surface area (Å²) < 4.78 is 5.34. The highest BCUT2D eigenvalue weighted by atomic mass is 16.6. The fourth-order valence-corrected chi connectivity index (χ4v) is 1.42. The van der Waals surface area contributed by atoms with Crippen molar-refractivity contribution in [3.8, 4) is 0 Å². The van der Waals surface area contributed by atoms with E-state index in [2.05, 4.69) is 11.9 Å². The molecular formula is C13H18N2O3. The molecule has 0 bridgehead atoms. The number of hydrogen-bond acceptors (Lipinski definition) is 4. The number of nitrogens with one attached hydrogen (secondary N) is 1. The van der Waals surface area contributed by atoms with Crippen molar-refractivity contribution in [1.82, 2.24) is 0 Å². The predicted octanol–water partition coefficient (Wildman–Crippen LogP) is 2.91. The number of aryl methyl sites for hydroxylation is 1. The maximum Gasteiger partial charge on any atom is 0.271 e. The maximum absolute atomic E-state index is 10.7. The lowest BCUT2D eigenvalue weighted by Gasteiger charge is -2.09. The summed E-state index contributed by atoms with van der Waals surface area (Å²) in [5.41, 5.74) is 2.80. The first-order valence-corrected chi connectivity index (χ1v) is 5.71. The summed E-state index contributed by atoms with van der Waals surface area (Å²) in [5.74, 6) is 0. The molecule has 0 unspecified atom stereocenters. The van der Waals surface area contributed by atoms with Crippen LogP contribution in [-0.2, 0) is 4.74 Å². The Bertz CT molecular complexity index is 444. The van der Waals surface area contributed by atoms with Gasteiger partial charge in [0, 0.05) is 24.4 Å². The van der Waals surface area contributed by atoms with Gasteiger partial charge in [-0.2, -0.15) is 0 Å². The highest BCUT2D eigenvalue weighted by Gasteiger charge is 2.07. The molecule has 0 saturated carbocycles. The summed E-state index contributed by atoms with van der Waals surface area (Å²) in [4.78, 5) is 10.3. The van der Waals surface area contributed by atoms with Crippen LogP contribution in [-0.4, -0.2) is 24.7 Å². The Hall–Kier alpha value is -1.88. The number of anilines is 1. The Morgan fingerprint density at radius 1 is 1.56 bits per heavy atom. The van der Waals surface area contributed by atoms with Crippen LogP contribution in [0.5, 0.6) is 0 Å². The van der Waals surface area contributed by atoms with Crippen molar-refractivity contribution in [2.45, 2.75) is 13.8 Å². The van der Waals surface area contributed by atoms with Gasteiger partial charge in [0.2, 0.25) is 0 Å². The summed E-state index contributed by atoms with van der Waals surface area (Å²) in [6.07, 6.45) is 0. The van der Waals surface area contributed by atoms with Crippen LogP contribution in [0.25, 0.3) is 0 Å². The van der Waals surface area contributed by atoms with Gasteiger partial charge in [-0.15, -0.1) is 0 Å². The van der Waals surface area contributed by atoms with Gasteiger partial charge in [0.05, 0.1) is 18.1 Å². The minimum atomic E-state index is -0.401. The average molecular weight is 250 g/mol. The van der Waals surface area contributed by atoms with Gasteiger partial charge in [-0.05, 0) is 19.4 Å². The number of hydrogen-bond donors (Lipinski definition) is 1. The zero-order chi connectivity index (χ0) is 13.5. The molecule has 0 amide bonds. The van der Waals surface area contributed by atoms with E-state index in [-0.39, 0.29) is 5.69 Å². The first-order valence-electron chi connectivity index (χ1n) is 5.71. The molecule has 1 rings (SSSR count). The first kappa shape index (κ1) is 14.2. The van der Waals surface area contributed by atoms with Gasteiger partial charge in [0.1, 0.15) is 0 Å². The Balaban J connectivity index is 2.48. The molecule has 0 aliphatic carbocycles. The lowest BCUT2D eigenvalue weighted by molar-refractivity contribution is -0.384. The quantitative estimate of drug-likeness (QED) is 0.350. The first-order chi connectivity index (χ1) is 8.50. The Morgan fingerprint density at radius 2 is 2.28 bits per heavy atom. The van der Waals surface area contributed by atoms with Crippen molar-refractivity contribution in [2.75, 3.05) is 25.1 Å². The van der Waals surface area contributed by atoms with Crippen molar-refractivity contribution in [2.24, 2.45) is 0 Å². The summed E-state index contributed by atoms with van der Waals surface area (Å²) in [6.45, 7) is 9.22. The molecule has 0 heterocycles. The van der Waals surface area contributed by atoms with E-state index in [4.69, 9.17) is 4.74 Å². The second kappa shape index (κ2) is 6.76. The van der Waals surface area contributed by atoms with Crippen molar-refractivity contribution in [3.05, 3.63) is 46.0 Å². The lowest BCUT2D eigenvalue weighted by atomic mass is 10.2. The van der Waals surface area contributed by atoms with Gasteiger partial charge in [-0.3, -0.25) is 10.1 Å². The third kappa shape index (κ3) is 4.55. The fourth-order valence-electron chi connectivity index (χ4n) is 1.42. The van der Waals surface area contributed by atoms with Gasteiger partial charge in [-0.1, -0.05) is 18.2 Å². The molecule has 1 N–H and O–H groups in total. The third-order valence-corrected chi connectivity index (χ3v) is 2.34. The SMILES string of the molecule is C=C(C)COCCNc1cc([N+](=O)[O-])ccc1C. The maximum atomic E-state index is 10.7. The van der Waals surface area contributed by atoms with Crippen molar-refractivity contribution in [1.29, 1.82) is 0 Å². The number of nitro groups is 1. The zero-order valence-corrected chi connectivity index (χ0v) is 10.7. The standard InChI is InChI=1S/C13H18N2O3/c1-10(2)9-18-7-6-14-13-8-12(15(16)17)5-4-11(13)3/h4-5,8,14H,1,6-7,9H2,2-3H3. The second-order valence-corrected chi connectivity index (χ2v) is 4.19. The number of rotatable bonds is 7. The normalized spacial score (nSPS) is 10.1. The number of benzene rings is 1. The van der Waals surface area contributed by atoms with E-state index < -0.39 is 4.92 Å². The van der Waals surface area contributed by atoms with Gasteiger partial charge in [-0.25, -0.2) is 0 Å². The molecule has 0 aliphatic rings. The Morgan fingerprint density at radius 3 is 2.89 bits per heavy atom. The predicted molar refractivity (Wildman–Crippen MR) is 72.0 cm³/mol. The van der Waals surface area contributed by atoms with Crippen LogP contribution >= 0.6 is 0 Å². The largest absolute Gasteiger partial charge is 0.382 e. The molecule has 0 atom stereocenters. The molecule has 18 heavy (non-hydrogen) atoms. The van der Waals surface area contributed by atoms with Crippen LogP contribution in [0.4, 0.5) is 11.4 Å². The molecular weight excluding hydrogens is 232 g/mol. The smallest absolute Gasteiger partial charge is 0.271 e. The van der Waals surface area contributed by atoms with Crippen molar-refractivity contribution in [3.63, 3.8) is 0 Å². The summed E-state index contributed by atoms with van der Waals surface area (Å²) >= 11 is 0. The molecule has 1 aromatic carbocycles. The Kier molecular flexibility index (Phi) is 5.32. The molecule has 0 aromatic heterocycles. The van der Waals surface area contributed by atoms with Gasteiger partial charge in [0.25, 0.3) is 5.69 Å². The molecule has 1 aromatic rings. The topological polar surface area (TPSA) is 64.4 Å². The van der Waals surface area contributed by atoms with E-state index in [9.17, 15) is 10.1 Å². The molecule has 0 fully saturated rings. The van der Waals surface area contributed by atoms with Gasteiger partial charge >= 0.3 is 0 Å². The lowest BCUT2D eigenvalue weighted by Crippen LogP contribution is -2.11. The van der Waals surface area contributed by atoms with Crippen molar-refractivity contribution >= 4 is 11.4 Å². The fraction of sp³-hybridized carbons (Fsp3) is 0.385. The van der Waals surface area contributed by atoms with Crippen LogP contribution < -0.4 is 5.32 Å². The molecule has 0 spiro atoms. The summed E-state index contributed by atoms with van der Waals surface area (Å²) in [5, 5.41) is 13.8. The van der Waals surface area contributed by atoms with Crippen LogP contribution in [0.2, 0.25) is 0 Å². The van der Waals surface area contributed by atoms with Crippen LogP contribution in [0.15, 0.2) is 30.4 Å². The number of non-ortho nitro benzene ring substituents is 1. The molecule has 5 nitrogen and oxygen atoms in total. The third-order valence-electron chi connectivity index (χ3n) is 2.34. The minimum Gasteiger partial charge on any atom is -0.382 e. The molecule has 98 valence electrons. The molecule has 0 saturated heterocycles. The highest BCUT2D eigenvalue weighted by molar-refractivity contribution is 5.56. The van der Waals surface area contributed by atoms with Crippen LogP contribution in [0, 0.1) is 17.0 Å². The zero-order valence-electron chi connectivity index (χ0n) is 10.7. The van der Waals surface area contributed by atoms with E-state index in [1.807, 2.05) is 13.8 Å². The van der Waals surface area contributed by atoms with E-state index in [0.717, 1.165) is 16.8 Å².